The fourth-order valence-electron chi connectivity index (χ4n) is 1.68. The number of unbranched alkanes of at least 4 members (excludes halogenated alkanes) is 2. The molecule has 0 unspecified atom stereocenters. The predicted octanol–water partition coefficient (Wildman–Crippen LogP) is 2.34. The van der Waals surface area contributed by atoms with Gasteiger partial charge in [-0.15, -0.1) is 0 Å². The third-order valence-corrected chi connectivity index (χ3v) is 3.46. The Kier molecular flexibility index (Phi) is 7.53. The van der Waals surface area contributed by atoms with Crippen LogP contribution in [-0.2, 0) is 4.79 Å². The van der Waals surface area contributed by atoms with E-state index in [1.54, 1.807) is 0 Å². The molecule has 0 aliphatic rings. The Morgan fingerprint density at radius 3 is 2.67 bits per heavy atom. The number of nitrogens with two attached hydrogens (primary N) is 1. The van der Waals surface area contributed by atoms with Gasteiger partial charge < -0.3 is 11.1 Å². The van der Waals surface area contributed by atoms with Crippen molar-refractivity contribution in [1.82, 2.24) is 5.32 Å². The van der Waals surface area contributed by atoms with Gasteiger partial charge >= 0.3 is 0 Å². The molecule has 4 heteroatoms. The van der Waals surface area contributed by atoms with Crippen LogP contribution in [0.4, 0.5) is 0 Å². The molecule has 1 aromatic rings. The minimum atomic E-state index is -0.558. The second-order valence-electron chi connectivity index (χ2n) is 4.23. The van der Waals surface area contributed by atoms with Crippen LogP contribution < -0.4 is 11.1 Å². The molecule has 0 fully saturated rings. The minimum absolute atomic E-state index is 0.0916. The van der Waals surface area contributed by atoms with E-state index < -0.39 is 6.04 Å². The van der Waals surface area contributed by atoms with Gasteiger partial charge in [-0.25, -0.2) is 0 Å². The van der Waals surface area contributed by atoms with Crippen LogP contribution in [0.25, 0.3) is 0 Å². The molecule has 0 bridgehead atoms. The minimum Gasteiger partial charge on any atom is -0.354 e. The number of rotatable bonds is 8. The van der Waals surface area contributed by atoms with Crippen LogP contribution in [0.5, 0.6) is 0 Å². The summed E-state index contributed by atoms with van der Waals surface area (Å²) < 4.78 is 0. The Morgan fingerprint density at radius 2 is 2.00 bits per heavy atom. The molecule has 18 heavy (non-hydrogen) atoms. The molecule has 3 N–H and O–H groups in total. The first-order valence-corrected chi connectivity index (χ1v) is 7.72. The van der Waals surface area contributed by atoms with Gasteiger partial charge in [-0.3, -0.25) is 4.79 Å². The van der Waals surface area contributed by atoms with Crippen LogP contribution in [0.2, 0.25) is 0 Å². The third-order valence-electron chi connectivity index (χ3n) is 2.77. The molecule has 0 saturated carbocycles. The second kappa shape index (κ2) is 9.00. The van der Waals surface area contributed by atoms with Crippen LogP contribution in [-0.4, -0.2) is 24.5 Å². The monoisotopic (exact) mass is 266 g/mol. The predicted molar refractivity (Wildman–Crippen MR) is 78.6 cm³/mol. The van der Waals surface area contributed by atoms with Gasteiger partial charge in [0.2, 0.25) is 5.91 Å². The Bertz CT molecular complexity index is 343. The summed E-state index contributed by atoms with van der Waals surface area (Å²) in [6.07, 6.45) is 5.50. The number of carbonyl (C=O) groups excluding carboxylic acids is 1. The van der Waals surface area contributed by atoms with E-state index in [1.807, 2.05) is 42.1 Å². The largest absolute Gasteiger partial charge is 0.354 e. The van der Waals surface area contributed by atoms with Crippen molar-refractivity contribution in [1.29, 1.82) is 0 Å². The van der Waals surface area contributed by atoms with E-state index in [-0.39, 0.29) is 5.91 Å². The Balaban J connectivity index is 2.20. The Hall–Kier alpha value is -1.00. The lowest BCUT2D eigenvalue weighted by Crippen LogP contribution is -2.34. The van der Waals surface area contributed by atoms with Crippen LogP contribution in [0.3, 0.4) is 0 Å². The van der Waals surface area contributed by atoms with Crippen molar-refractivity contribution < 1.29 is 4.79 Å². The smallest absolute Gasteiger partial charge is 0.241 e. The van der Waals surface area contributed by atoms with E-state index in [4.69, 9.17) is 5.73 Å². The normalized spacial score (nSPS) is 12.1. The van der Waals surface area contributed by atoms with Crippen LogP contribution in [0.1, 0.15) is 30.9 Å². The number of nitrogens with one attached hydrogen (secondary N) is 1. The zero-order valence-corrected chi connectivity index (χ0v) is 11.7. The van der Waals surface area contributed by atoms with E-state index >= 15 is 0 Å². The molecule has 100 valence electrons. The number of benzene rings is 1. The summed E-state index contributed by atoms with van der Waals surface area (Å²) in [5, 5.41) is 2.89. The fraction of sp³-hybridized carbons (Fsp3) is 0.500. The lowest BCUT2D eigenvalue weighted by Gasteiger charge is -2.12. The molecule has 0 spiro atoms. The first-order chi connectivity index (χ1) is 8.75. The van der Waals surface area contributed by atoms with Crippen molar-refractivity contribution in [2.75, 3.05) is 18.6 Å². The zero-order chi connectivity index (χ0) is 13.2. The average Bonchev–Trinajstić information content (AvgIpc) is 2.42. The lowest BCUT2D eigenvalue weighted by molar-refractivity contribution is -0.122. The summed E-state index contributed by atoms with van der Waals surface area (Å²) >= 11 is 1.86. The molecule has 1 rings (SSSR count). The van der Waals surface area contributed by atoms with Crippen molar-refractivity contribution >= 4 is 17.7 Å². The highest BCUT2D eigenvalue weighted by molar-refractivity contribution is 7.98. The highest BCUT2D eigenvalue weighted by Gasteiger charge is 2.14. The number of hydrogen-bond donors (Lipinski definition) is 2. The molecule has 1 aromatic carbocycles. The van der Waals surface area contributed by atoms with Crippen molar-refractivity contribution in [3.8, 4) is 0 Å². The molecule has 0 radical (unpaired) electrons. The van der Waals surface area contributed by atoms with Crippen molar-refractivity contribution in [3.63, 3.8) is 0 Å². The molecule has 0 heterocycles. The maximum atomic E-state index is 11.8. The van der Waals surface area contributed by atoms with Gasteiger partial charge in [-0.05, 0) is 30.4 Å². The molecule has 0 aliphatic heterocycles. The maximum absolute atomic E-state index is 11.8. The first kappa shape index (κ1) is 15.1. The topological polar surface area (TPSA) is 55.1 Å². The Morgan fingerprint density at radius 1 is 1.28 bits per heavy atom. The van der Waals surface area contributed by atoms with E-state index in [0.29, 0.717) is 6.54 Å². The standard InChI is InChI=1S/C14H22N2OS/c1-18-11-7-3-6-10-16-14(17)13(15)12-8-4-2-5-9-12/h2,4-5,8-9,13H,3,6-7,10-11,15H2,1H3,(H,16,17)/t13-/m1/s1. The first-order valence-electron chi connectivity index (χ1n) is 6.33. The zero-order valence-electron chi connectivity index (χ0n) is 10.9. The van der Waals surface area contributed by atoms with Crippen molar-refractivity contribution in [2.24, 2.45) is 5.73 Å². The van der Waals surface area contributed by atoms with Gasteiger partial charge in [0.1, 0.15) is 6.04 Å². The molecule has 0 aromatic heterocycles. The van der Waals surface area contributed by atoms with Gasteiger partial charge in [0.15, 0.2) is 0 Å². The van der Waals surface area contributed by atoms with Gasteiger partial charge in [0.05, 0.1) is 0 Å². The SMILES string of the molecule is CSCCCCCNC(=O)[C@H](N)c1ccccc1. The van der Waals surface area contributed by atoms with E-state index in [0.717, 1.165) is 18.4 Å². The van der Waals surface area contributed by atoms with Crippen LogP contribution >= 0.6 is 11.8 Å². The lowest BCUT2D eigenvalue weighted by atomic mass is 10.1. The van der Waals surface area contributed by atoms with E-state index in [9.17, 15) is 4.79 Å². The molecule has 0 saturated heterocycles. The Labute approximate surface area is 114 Å². The fourth-order valence-corrected chi connectivity index (χ4v) is 2.17. The summed E-state index contributed by atoms with van der Waals surface area (Å²) in [6, 6.07) is 8.90. The molecule has 3 nitrogen and oxygen atoms in total. The summed E-state index contributed by atoms with van der Waals surface area (Å²) in [5.74, 6) is 1.10. The average molecular weight is 266 g/mol. The maximum Gasteiger partial charge on any atom is 0.241 e. The number of carbonyl (C=O) groups is 1. The van der Waals surface area contributed by atoms with Gasteiger partial charge in [-0.2, -0.15) is 11.8 Å². The second-order valence-corrected chi connectivity index (χ2v) is 5.22. The van der Waals surface area contributed by atoms with E-state index in [2.05, 4.69) is 11.6 Å². The van der Waals surface area contributed by atoms with Crippen molar-refractivity contribution in [3.05, 3.63) is 35.9 Å². The quantitative estimate of drug-likeness (QED) is 0.710. The van der Waals surface area contributed by atoms with Gasteiger partial charge in [-0.1, -0.05) is 36.8 Å². The number of amides is 1. The summed E-state index contributed by atoms with van der Waals surface area (Å²) in [5.41, 5.74) is 6.74. The van der Waals surface area contributed by atoms with Crippen LogP contribution in [0, 0.1) is 0 Å². The van der Waals surface area contributed by atoms with Crippen molar-refractivity contribution in [2.45, 2.75) is 25.3 Å². The highest BCUT2D eigenvalue weighted by atomic mass is 32.2. The molecular formula is C14H22N2OS. The van der Waals surface area contributed by atoms with Crippen LogP contribution in [0.15, 0.2) is 30.3 Å². The van der Waals surface area contributed by atoms with Gasteiger partial charge in [0, 0.05) is 6.54 Å². The molecule has 1 atom stereocenters. The molecule has 1 amide bonds. The summed E-state index contributed by atoms with van der Waals surface area (Å²) in [4.78, 5) is 11.8. The summed E-state index contributed by atoms with van der Waals surface area (Å²) in [7, 11) is 0. The van der Waals surface area contributed by atoms with E-state index in [1.165, 1.54) is 12.2 Å². The molecule has 0 aliphatic carbocycles. The number of hydrogen-bond acceptors (Lipinski definition) is 3. The molecular weight excluding hydrogens is 244 g/mol. The third kappa shape index (κ3) is 5.56. The summed E-state index contributed by atoms with van der Waals surface area (Å²) in [6.45, 7) is 0.716. The highest BCUT2D eigenvalue weighted by Crippen LogP contribution is 2.09. The van der Waals surface area contributed by atoms with Gasteiger partial charge in [0.25, 0.3) is 0 Å². The number of thioether (sulfide) groups is 1.